The Morgan fingerprint density at radius 2 is 2.12 bits per heavy atom. The zero-order valence-electron chi connectivity index (χ0n) is 9.44. The van der Waals surface area contributed by atoms with Crippen LogP contribution in [0, 0.1) is 13.8 Å². The van der Waals surface area contributed by atoms with Crippen molar-refractivity contribution in [3.63, 3.8) is 0 Å². The Kier molecular flexibility index (Phi) is 2.83. The van der Waals surface area contributed by atoms with Crippen LogP contribution >= 0.6 is 11.3 Å². The maximum Gasteiger partial charge on any atom is 0.178 e. The molecule has 82 valence electrons. The predicted molar refractivity (Wildman–Crippen MR) is 64.8 cm³/mol. The second kappa shape index (κ2) is 4.14. The van der Waals surface area contributed by atoms with E-state index >= 15 is 0 Å². The predicted octanol–water partition coefficient (Wildman–Crippen LogP) is 3.02. The van der Waals surface area contributed by atoms with Gasteiger partial charge in [-0.3, -0.25) is 9.78 Å². The van der Waals surface area contributed by atoms with E-state index in [4.69, 9.17) is 0 Å². The third-order valence-electron chi connectivity index (χ3n) is 2.28. The zero-order valence-corrected chi connectivity index (χ0v) is 10.3. The summed E-state index contributed by atoms with van der Waals surface area (Å²) in [5.74, 6) is -0.00716. The number of thiazole rings is 1. The first-order valence-corrected chi connectivity index (χ1v) is 5.86. The van der Waals surface area contributed by atoms with Crippen LogP contribution in [-0.2, 0) is 0 Å². The fourth-order valence-corrected chi connectivity index (χ4v) is 2.40. The lowest BCUT2D eigenvalue weighted by atomic mass is 10.2. The summed E-state index contributed by atoms with van der Waals surface area (Å²) < 4.78 is 0. The van der Waals surface area contributed by atoms with E-state index in [0.717, 1.165) is 21.8 Å². The van der Waals surface area contributed by atoms with Gasteiger partial charge in [-0.05, 0) is 25.0 Å². The molecule has 2 heterocycles. The summed E-state index contributed by atoms with van der Waals surface area (Å²) in [7, 11) is 0. The minimum Gasteiger partial charge on any atom is -0.293 e. The van der Waals surface area contributed by atoms with Crippen molar-refractivity contribution in [3.05, 3.63) is 34.5 Å². The molecule has 0 fully saturated rings. The molecule has 4 heteroatoms. The van der Waals surface area contributed by atoms with Crippen LogP contribution in [0.15, 0.2) is 17.6 Å². The summed E-state index contributed by atoms with van der Waals surface area (Å²) in [6.45, 7) is 5.53. The highest BCUT2D eigenvalue weighted by Crippen LogP contribution is 2.25. The zero-order chi connectivity index (χ0) is 11.7. The van der Waals surface area contributed by atoms with Crippen LogP contribution in [0.5, 0.6) is 0 Å². The maximum atomic E-state index is 11.2. The van der Waals surface area contributed by atoms with E-state index in [9.17, 15) is 4.79 Å². The van der Waals surface area contributed by atoms with Gasteiger partial charge in [0.15, 0.2) is 5.78 Å². The van der Waals surface area contributed by atoms with Gasteiger partial charge in [0.2, 0.25) is 0 Å². The molecule has 0 aliphatic heterocycles. The van der Waals surface area contributed by atoms with E-state index in [1.54, 1.807) is 5.38 Å². The molecule has 0 amide bonds. The monoisotopic (exact) mass is 232 g/mol. The highest BCUT2D eigenvalue weighted by Gasteiger charge is 2.10. The van der Waals surface area contributed by atoms with E-state index < -0.39 is 0 Å². The number of Topliss-reactive ketones (excluding diaryl/α,β-unsaturated/α-hetero) is 1. The van der Waals surface area contributed by atoms with Crippen molar-refractivity contribution < 1.29 is 4.79 Å². The maximum absolute atomic E-state index is 11.2. The summed E-state index contributed by atoms with van der Waals surface area (Å²) in [6.07, 6.45) is 1.82. The third kappa shape index (κ3) is 2.02. The molecule has 16 heavy (non-hydrogen) atoms. The number of carbonyl (C=O) groups is 1. The molecule has 0 unspecified atom stereocenters. The van der Waals surface area contributed by atoms with Crippen molar-refractivity contribution in [3.8, 4) is 10.7 Å². The smallest absolute Gasteiger partial charge is 0.178 e. The van der Waals surface area contributed by atoms with Crippen molar-refractivity contribution >= 4 is 17.1 Å². The van der Waals surface area contributed by atoms with Crippen molar-refractivity contribution in [1.29, 1.82) is 0 Å². The van der Waals surface area contributed by atoms with Crippen molar-refractivity contribution in [2.24, 2.45) is 0 Å². The van der Waals surface area contributed by atoms with Crippen molar-refractivity contribution in [1.82, 2.24) is 9.97 Å². The van der Waals surface area contributed by atoms with Crippen LogP contribution in [0.4, 0.5) is 0 Å². The largest absolute Gasteiger partial charge is 0.293 e. The van der Waals surface area contributed by atoms with Gasteiger partial charge in [0.25, 0.3) is 0 Å². The number of carbonyl (C=O) groups excluding carboxylic acids is 1. The molecular formula is C12H12N2OS. The van der Waals surface area contributed by atoms with Gasteiger partial charge in [0, 0.05) is 18.5 Å². The van der Waals surface area contributed by atoms with Crippen LogP contribution < -0.4 is 0 Å². The van der Waals surface area contributed by atoms with Crippen LogP contribution in [0.2, 0.25) is 0 Å². The number of ketones is 1. The van der Waals surface area contributed by atoms with E-state index in [0.29, 0.717) is 5.69 Å². The molecule has 2 aromatic heterocycles. The number of nitrogens with zero attached hydrogens (tertiary/aromatic N) is 2. The minimum absolute atomic E-state index is 0.00716. The fourth-order valence-electron chi connectivity index (χ4n) is 1.48. The van der Waals surface area contributed by atoms with Crippen molar-refractivity contribution in [2.75, 3.05) is 0 Å². The van der Waals surface area contributed by atoms with Gasteiger partial charge in [0.05, 0.1) is 0 Å². The van der Waals surface area contributed by atoms with Gasteiger partial charge in [-0.15, -0.1) is 11.3 Å². The summed E-state index contributed by atoms with van der Waals surface area (Å²) in [6, 6.07) is 2.07. The molecule has 0 N–H and O–H groups in total. The molecule has 0 bridgehead atoms. The Morgan fingerprint density at radius 3 is 2.69 bits per heavy atom. The Hall–Kier alpha value is -1.55. The lowest BCUT2D eigenvalue weighted by Gasteiger charge is -2.01. The number of rotatable bonds is 2. The molecule has 2 aromatic rings. The third-order valence-corrected chi connectivity index (χ3v) is 3.13. The molecule has 0 spiro atoms. The van der Waals surface area contributed by atoms with Crippen molar-refractivity contribution in [2.45, 2.75) is 20.8 Å². The Balaban J connectivity index is 2.46. The molecule has 0 atom stereocenters. The number of aromatic nitrogens is 2. The SMILES string of the molecule is CC(=O)c1csc(-c2ncc(C)cc2C)n1. The number of pyridine rings is 1. The van der Waals surface area contributed by atoms with Crippen LogP contribution in [0.25, 0.3) is 10.7 Å². The van der Waals surface area contributed by atoms with Gasteiger partial charge < -0.3 is 0 Å². The van der Waals surface area contributed by atoms with Crippen LogP contribution in [-0.4, -0.2) is 15.8 Å². The van der Waals surface area contributed by atoms with Gasteiger partial charge in [0.1, 0.15) is 16.4 Å². The normalized spacial score (nSPS) is 10.4. The highest BCUT2D eigenvalue weighted by molar-refractivity contribution is 7.13. The fraction of sp³-hybridized carbons (Fsp3) is 0.250. The molecule has 0 saturated heterocycles. The molecule has 2 rings (SSSR count). The Bertz CT molecular complexity index is 546. The van der Waals surface area contributed by atoms with E-state index in [1.165, 1.54) is 18.3 Å². The summed E-state index contributed by atoms with van der Waals surface area (Å²) in [5.41, 5.74) is 3.60. The average Bonchev–Trinajstić information content (AvgIpc) is 2.66. The quantitative estimate of drug-likeness (QED) is 0.747. The lowest BCUT2D eigenvalue weighted by molar-refractivity contribution is 0.101. The van der Waals surface area contributed by atoms with Gasteiger partial charge in [-0.2, -0.15) is 0 Å². The highest BCUT2D eigenvalue weighted by atomic mass is 32.1. The number of aryl methyl sites for hydroxylation is 2. The topological polar surface area (TPSA) is 42.9 Å². The van der Waals surface area contributed by atoms with Gasteiger partial charge in [-0.1, -0.05) is 6.07 Å². The second-order valence-corrected chi connectivity index (χ2v) is 4.63. The van der Waals surface area contributed by atoms with Gasteiger partial charge in [-0.25, -0.2) is 4.98 Å². The van der Waals surface area contributed by atoms with Gasteiger partial charge >= 0.3 is 0 Å². The van der Waals surface area contributed by atoms with E-state index in [1.807, 2.05) is 20.0 Å². The van der Waals surface area contributed by atoms with Crippen LogP contribution in [0.1, 0.15) is 28.5 Å². The summed E-state index contributed by atoms with van der Waals surface area (Å²) in [4.78, 5) is 19.8. The minimum atomic E-state index is -0.00716. The first-order chi connectivity index (χ1) is 7.58. The average molecular weight is 232 g/mol. The lowest BCUT2D eigenvalue weighted by Crippen LogP contribution is -1.93. The molecule has 0 radical (unpaired) electrons. The van der Waals surface area contributed by atoms with Crippen LogP contribution in [0.3, 0.4) is 0 Å². The van der Waals surface area contributed by atoms with E-state index in [-0.39, 0.29) is 5.78 Å². The summed E-state index contributed by atoms with van der Waals surface area (Å²) >= 11 is 1.46. The first-order valence-electron chi connectivity index (χ1n) is 4.98. The second-order valence-electron chi connectivity index (χ2n) is 3.77. The first kappa shape index (κ1) is 11.0. The standard InChI is InChI=1S/C12H12N2OS/c1-7-4-8(2)11(13-5-7)12-14-10(6-16-12)9(3)15/h4-6H,1-3H3. The molecular weight excluding hydrogens is 220 g/mol. The summed E-state index contributed by atoms with van der Waals surface area (Å²) in [5, 5.41) is 2.58. The number of hydrogen-bond donors (Lipinski definition) is 0. The Labute approximate surface area is 98.2 Å². The molecule has 0 aromatic carbocycles. The number of hydrogen-bond acceptors (Lipinski definition) is 4. The molecule has 0 aliphatic rings. The molecule has 3 nitrogen and oxygen atoms in total. The Morgan fingerprint density at radius 1 is 1.38 bits per heavy atom. The van der Waals surface area contributed by atoms with E-state index in [2.05, 4.69) is 16.0 Å². The molecule has 0 aliphatic carbocycles. The molecule has 0 saturated carbocycles.